The van der Waals surface area contributed by atoms with Gasteiger partial charge in [-0.05, 0) is 50.6 Å². The van der Waals surface area contributed by atoms with Crippen LogP contribution < -0.4 is 5.32 Å². The summed E-state index contributed by atoms with van der Waals surface area (Å²) in [5.41, 5.74) is -1.22. The van der Waals surface area contributed by atoms with Crippen molar-refractivity contribution >= 4 is 27.2 Å². The summed E-state index contributed by atoms with van der Waals surface area (Å²) in [6.45, 7) is 3.28. The first-order chi connectivity index (χ1) is 10.3. The highest BCUT2D eigenvalue weighted by molar-refractivity contribution is 7.92. The van der Waals surface area contributed by atoms with Crippen molar-refractivity contribution in [2.45, 2.75) is 42.1 Å². The Labute approximate surface area is 134 Å². The van der Waals surface area contributed by atoms with Gasteiger partial charge in [0.05, 0.1) is 15.5 Å². The molecule has 2 aliphatic heterocycles. The van der Waals surface area contributed by atoms with Crippen molar-refractivity contribution in [1.29, 1.82) is 0 Å². The highest BCUT2D eigenvalue weighted by Crippen LogP contribution is 2.39. The Morgan fingerprint density at radius 2 is 2.00 bits per heavy atom. The zero-order valence-corrected chi connectivity index (χ0v) is 13.8. The second kappa shape index (κ2) is 5.60. The molecule has 22 heavy (non-hydrogen) atoms. The van der Waals surface area contributed by atoms with Gasteiger partial charge >= 0.3 is 0 Å². The average molecular weight is 344 g/mol. The van der Waals surface area contributed by atoms with Crippen LogP contribution in [0.15, 0.2) is 23.1 Å². The normalized spacial score (nSPS) is 24.8. The van der Waals surface area contributed by atoms with Gasteiger partial charge in [0.15, 0.2) is 5.78 Å². The lowest BCUT2D eigenvalue weighted by molar-refractivity contribution is -0.119. The molecule has 2 fully saturated rings. The first kappa shape index (κ1) is 15.9. The molecule has 0 radical (unpaired) electrons. The maximum Gasteiger partial charge on any atom is 0.222 e. The number of piperidine rings is 1. The standard InChI is InChI=1S/C15H18ClNO4S/c1-10-2-3-13(11(16)8-10)22(19,20)14-12(18)9-15(21-14)4-6-17-7-5-15/h2-3,8,14,17H,4-7,9H2,1H3. The summed E-state index contributed by atoms with van der Waals surface area (Å²) in [4.78, 5) is 12.2. The maximum absolute atomic E-state index is 12.8. The fourth-order valence-corrected chi connectivity index (χ4v) is 5.24. The molecule has 5 nitrogen and oxygen atoms in total. The fourth-order valence-electron chi connectivity index (χ4n) is 3.10. The van der Waals surface area contributed by atoms with Crippen molar-refractivity contribution in [3.8, 4) is 0 Å². The summed E-state index contributed by atoms with van der Waals surface area (Å²) < 4.78 is 31.3. The highest BCUT2D eigenvalue weighted by atomic mass is 35.5. The number of hydrogen-bond acceptors (Lipinski definition) is 5. The topological polar surface area (TPSA) is 72.5 Å². The van der Waals surface area contributed by atoms with E-state index in [9.17, 15) is 13.2 Å². The van der Waals surface area contributed by atoms with E-state index in [-0.39, 0.29) is 22.1 Å². The SMILES string of the molecule is Cc1ccc(S(=O)(=O)C2OC3(CCNCC3)CC2=O)c(Cl)c1. The maximum atomic E-state index is 12.8. The van der Waals surface area contributed by atoms with Crippen molar-refractivity contribution < 1.29 is 17.9 Å². The number of benzene rings is 1. The van der Waals surface area contributed by atoms with Gasteiger partial charge < -0.3 is 10.1 Å². The Morgan fingerprint density at radius 3 is 2.64 bits per heavy atom. The second-order valence-corrected chi connectivity index (χ2v) is 8.37. The smallest absolute Gasteiger partial charge is 0.222 e. The van der Waals surface area contributed by atoms with Gasteiger partial charge in [-0.3, -0.25) is 4.79 Å². The molecule has 1 N–H and O–H groups in total. The van der Waals surface area contributed by atoms with Gasteiger partial charge in [0.2, 0.25) is 15.3 Å². The van der Waals surface area contributed by atoms with Gasteiger partial charge in [-0.2, -0.15) is 0 Å². The summed E-state index contributed by atoms with van der Waals surface area (Å²) in [5.74, 6) is -0.376. The van der Waals surface area contributed by atoms with Crippen molar-refractivity contribution in [2.24, 2.45) is 0 Å². The van der Waals surface area contributed by atoms with Crippen LogP contribution in [0.25, 0.3) is 0 Å². The Balaban J connectivity index is 1.94. The van der Waals surface area contributed by atoms with Crippen molar-refractivity contribution in [2.75, 3.05) is 13.1 Å². The Morgan fingerprint density at radius 1 is 1.32 bits per heavy atom. The summed E-state index contributed by atoms with van der Waals surface area (Å²) >= 11 is 6.06. The number of ketones is 1. The summed E-state index contributed by atoms with van der Waals surface area (Å²) in [6.07, 6.45) is 1.45. The lowest BCUT2D eigenvalue weighted by Crippen LogP contribution is -2.42. The monoisotopic (exact) mass is 343 g/mol. The molecule has 0 aromatic heterocycles. The van der Waals surface area contributed by atoms with E-state index < -0.39 is 20.9 Å². The number of sulfone groups is 1. The number of aryl methyl sites for hydroxylation is 1. The average Bonchev–Trinajstić information content (AvgIpc) is 2.76. The first-order valence-electron chi connectivity index (χ1n) is 7.25. The van der Waals surface area contributed by atoms with E-state index in [4.69, 9.17) is 16.3 Å². The summed E-state index contributed by atoms with van der Waals surface area (Å²) in [7, 11) is -3.93. The molecule has 1 unspecified atom stereocenters. The Bertz CT molecular complexity index is 710. The van der Waals surface area contributed by atoms with Crippen LogP contribution in [0.1, 0.15) is 24.8 Å². The number of hydrogen-bond donors (Lipinski definition) is 1. The molecule has 120 valence electrons. The summed E-state index contributed by atoms with van der Waals surface area (Å²) in [5, 5.41) is 3.32. The minimum Gasteiger partial charge on any atom is -0.347 e. The molecular weight excluding hydrogens is 326 g/mol. The zero-order valence-electron chi connectivity index (χ0n) is 12.3. The molecule has 1 spiro atoms. The number of halogens is 1. The number of carbonyl (C=O) groups is 1. The molecule has 2 saturated heterocycles. The van der Waals surface area contributed by atoms with E-state index in [2.05, 4.69) is 5.32 Å². The number of rotatable bonds is 2. The van der Waals surface area contributed by atoms with Crippen LogP contribution in [0.2, 0.25) is 5.02 Å². The molecule has 1 aromatic carbocycles. The van der Waals surface area contributed by atoms with E-state index in [0.29, 0.717) is 12.8 Å². The fraction of sp³-hybridized carbons (Fsp3) is 0.533. The Kier molecular flexibility index (Phi) is 4.05. The minimum absolute atomic E-state index is 0.0379. The number of nitrogens with one attached hydrogen (secondary N) is 1. The molecule has 2 aliphatic rings. The van der Waals surface area contributed by atoms with Crippen LogP contribution in [-0.4, -0.2) is 38.3 Å². The molecule has 1 atom stereocenters. The molecule has 7 heteroatoms. The van der Waals surface area contributed by atoms with Crippen LogP contribution >= 0.6 is 11.6 Å². The molecule has 0 amide bonds. The quantitative estimate of drug-likeness (QED) is 0.887. The lowest BCUT2D eigenvalue weighted by Gasteiger charge is -2.32. The largest absolute Gasteiger partial charge is 0.347 e. The second-order valence-electron chi connectivity index (χ2n) is 6.00. The molecule has 0 bridgehead atoms. The van der Waals surface area contributed by atoms with Gasteiger partial charge in [0.1, 0.15) is 0 Å². The molecule has 3 rings (SSSR count). The van der Waals surface area contributed by atoms with E-state index in [1.165, 1.54) is 6.07 Å². The lowest BCUT2D eigenvalue weighted by atomic mass is 9.89. The Hall–Kier alpha value is -0.950. The van der Waals surface area contributed by atoms with E-state index in [1.54, 1.807) is 12.1 Å². The number of ether oxygens (including phenoxy) is 1. The van der Waals surface area contributed by atoms with Gasteiger partial charge in [-0.15, -0.1) is 0 Å². The molecular formula is C15H18ClNO4S. The zero-order chi connectivity index (χ0) is 16.0. The first-order valence-corrected chi connectivity index (χ1v) is 9.18. The van der Waals surface area contributed by atoms with Gasteiger partial charge in [-0.25, -0.2) is 8.42 Å². The summed E-state index contributed by atoms with van der Waals surface area (Å²) in [6, 6.07) is 4.68. The molecule has 0 aliphatic carbocycles. The van der Waals surface area contributed by atoms with Gasteiger partial charge in [-0.1, -0.05) is 17.7 Å². The van der Waals surface area contributed by atoms with E-state index in [0.717, 1.165) is 18.7 Å². The minimum atomic E-state index is -3.93. The van der Waals surface area contributed by atoms with Crippen LogP contribution in [0, 0.1) is 6.92 Å². The third kappa shape index (κ3) is 2.69. The van der Waals surface area contributed by atoms with Crippen LogP contribution in [0.5, 0.6) is 0 Å². The number of carbonyl (C=O) groups excluding carboxylic acids is 1. The predicted molar refractivity (Wildman–Crippen MR) is 82.7 cm³/mol. The van der Waals surface area contributed by atoms with E-state index >= 15 is 0 Å². The third-order valence-electron chi connectivity index (χ3n) is 4.31. The van der Waals surface area contributed by atoms with Crippen LogP contribution in [0.3, 0.4) is 0 Å². The van der Waals surface area contributed by atoms with Crippen LogP contribution in [-0.2, 0) is 19.4 Å². The van der Waals surface area contributed by atoms with Crippen molar-refractivity contribution in [3.63, 3.8) is 0 Å². The van der Waals surface area contributed by atoms with Gasteiger partial charge in [0, 0.05) is 6.42 Å². The van der Waals surface area contributed by atoms with Gasteiger partial charge in [0.25, 0.3) is 0 Å². The highest BCUT2D eigenvalue weighted by Gasteiger charge is 2.52. The van der Waals surface area contributed by atoms with Crippen molar-refractivity contribution in [1.82, 2.24) is 5.32 Å². The third-order valence-corrected chi connectivity index (χ3v) is 6.62. The number of Topliss-reactive ketones (excluding diaryl/α,β-unsaturated/α-hetero) is 1. The van der Waals surface area contributed by atoms with E-state index in [1.807, 2.05) is 6.92 Å². The van der Waals surface area contributed by atoms with Crippen molar-refractivity contribution in [3.05, 3.63) is 28.8 Å². The molecule has 0 saturated carbocycles. The molecule has 1 aromatic rings. The predicted octanol–water partition coefficient (Wildman–Crippen LogP) is 1.86. The molecule has 2 heterocycles. The van der Waals surface area contributed by atoms with Crippen LogP contribution in [0.4, 0.5) is 0 Å².